The Morgan fingerprint density at radius 3 is 0.639 bits per heavy atom. The lowest BCUT2D eigenvalue weighted by molar-refractivity contribution is 1.13. The summed E-state index contributed by atoms with van der Waals surface area (Å²) in [6.07, 6.45) is 12.9. The Balaban J connectivity index is 1.32. The molecule has 0 aliphatic carbocycles. The maximum absolute atomic E-state index is 2.16. The zero-order chi connectivity index (χ0) is 25.3. The van der Waals surface area contributed by atoms with Crippen LogP contribution in [0.2, 0.25) is 0 Å². The highest BCUT2D eigenvalue weighted by molar-refractivity contribution is 5.75. The second kappa shape index (κ2) is 11.9. The first-order valence-corrected chi connectivity index (χ1v) is 12.3. The van der Waals surface area contributed by atoms with Gasteiger partial charge in [-0.2, -0.15) is 0 Å². The van der Waals surface area contributed by atoms with Crippen LogP contribution in [0.4, 0.5) is 11.4 Å². The highest BCUT2D eigenvalue weighted by Crippen LogP contribution is 2.17. The summed E-state index contributed by atoms with van der Waals surface area (Å²) in [4.78, 5) is 4.22. The highest BCUT2D eigenvalue weighted by atomic mass is 15.1. The van der Waals surface area contributed by atoms with Gasteiger partial charge in [0.1, 0.15) is 0 Å². The minimum atomic E-state index is 1.19. The average molecular weight is 471 g/mol. The van der Waals surface area contributed by atoms with Crippen LogP contribution in [0.15, 0.2) is 97.1 Å². The number of hydrogen-bond donors (Lipinski definition) is 0. The van der Waals surface area contributed by atoms with Crippen LogP contribution in [-0.4, -0.2) is 28.2 Å². The van der Waals surface area contributed by atoms with Gasteiger partial charge in [0.2, 0.25) is 0 Å². The topological polar surface area (TPSA) is 6.48 Å². The lowest BCUT2D eigenvalue weighted by Crippen LogP contribution is -2.07. The second-order valence-corrected chi connectivity index (χ2v) is 9.31. The predicted octanol–water partition coefficient (Wildman–Crippen LogP) is 8.33. The first-order chi connectivity index (χ1) is 17.5. The molecule has 0 aromatic heterocycles. The molecule has 0 saturated carbocycles. The van der Waals surface area contributed by atoms with E-state index in [2.05, 4.69) is 172 Å². The fourth-order valence-corrected chi connectivity index (χ4v) is 3.78. The first kappa shape index (κ1) is 24.8. The second-order valence-electron chi connectivity index (χ2n) is 9.31. The molecular weight excluding hydrogens is 436 g/mol. The largest absolute Gasteiger partial charge is 0.378 e. The van der Waals surface area contributed by atoms with E-state index in [1.807, 2.05) is 0 Å². The number of nitrogens with zero attached hydrogens (tertiary/aromatic N) is 2. The van der Waals surface area contributed by atoms with E-state index in [0.29, 0.717) is 0 Å². The van der Waals surface area contributed by atoms with Crippen molar-refractivity contribution < 1.29 is 0 Å². The van der Waals surface area contributed by atoms with Gasteiger partial charge in [0.05, 0.1) is 0 Å². The Morgan fingerprint density at radius 2 is 0.472 bits per heavy atom. The quantitative estimate of drug-likeness (QED) is 0.239. The number of hydrogen-bond acceptors (Lipinski definition) is 2. The molecule has 0 radical (unpaired) electrons. The van der Waals surface area contributed by atoms with Crippen molar-refractivity contribution >= 4 is 47.8 Å². The Morgan fingerprint density at radius 1 is 0.306 bits per heavy atom. The molecule has 2 nitrogen and oxygen atoms in total. The molecule has 0 amide bonds. The van der Waals surface area contributed by atoms with E-state index in [9.17, 15) is 0 Å². The van der Waals surface area contributed by atoms with Crippen LogP contribution in [0.25, 0.3) is 36.5 Å². The Kier molecular flexibility index (Phi) is 8.20. The Hall–Kier alpha value is -4.30. The van der Waals surface area contributed by atoms with E-state index in [-0.39, 0.29) is 0 Å². The average Bonchev–Trinajstić information content (AvgIpc) is 2.91. The fourth-order valence-electron chi connectivity index (χ4n) is 3.78. The molecular formula is C34H34N2. The molecule has 0 heterocycles. The van der Waals surface area contributed by atoms with Gasteiger partial charge in [-0.3, -0.25) is 0 Å². The van der Waals surface area contributed by atoms with Gasteiger partial charge in [-0.1, -0.05) is 109 Å². The third-order valence-corrected chi connectivity index (χ3v) is 6.10. The molecule has 0 fully saturated rings. The summed E-state index contributed by atoms with van der Waals surface area (Å²) in [5, 5.41) is 0. The van der Waals surface area contributed by atoms with Gasteiger partial charge in [-0.05, 0) is 57.6 Å². The van der Waals surface area contributed by atoms with Gasteiger partial charge in [0.25, 0.3) is 0 Å². The van der Waals surface area contributed by atoms with Crippen LogP contribution in [-0.2, 0) is 0 Å². The Labute approximate surface area is 216 Å². The number of rotatable bonds is 8. The van der Waals surface area contributed by atoms with Gasteiger partial charge in [0, 0.05) is 39.6 Å². The van der Waals surface area contributed by atoms with Gasteiger partial charge in [0.15, 0.2) is 0 Å². The van der Waals surface area contributed by atoms with Crippen molar-refractivity contribution in [2.45, 2.75) is 0 Å². The number of benzene rings is 4. The summed E-state index contributed by atoms with van der Waals surface area (Å²) >= 11 is 0. The molecule has 4 aromatic carbocycles. The van der Waals surface area contributed by atoms with E-state index < -0.39 is 0 Å². The Bertz CT molecular complexity index is 1210. The van der Waals surface area contributed by atoms with Crippen LogP contribution >= 0.6 is 0 Å². The van der Waals surface area contributed by atoms with Crippen molar-refractivity contribution in [3.63, 3.8) is 0 Å². The van der Waals surface area contributed by atoms with E-state index in [1.54, 1.807) is 0 Å². The maximum atomic E-state index is 2.16. The summed E-state index contributed by atoms with van der Waals surface area (Å²) in [5.74, 6) is 0. The van der Waals surface area contributed by atoms with Crippen LogP contribution in [0.5, 0.6) is 0 Å². The zero-order valence-electron chi connectivity index (χ0n) is 21.6. The first-order valence-electron chi connectivity index (χ1n) is 12.3. The molecule has 0 aliphatic rings. The van der Waals surface area contributed by atoms with Gasteiger partial charge >= 0.3 is 0 Å². The van der Waals surface area contributed by atoms with Gasteiger partial charge in [-0.25, -0.2) is 0 Å². The molecule has 2 heteroatoms. The standard InChI is InChI=1S/C34H34N2/c1-35(2)33-23-19-31(20-24-33)17-15-29-11-7-27(8-12-29)5-6-28-9-13-30(14-10-28)16-18-32-21-25-34(26-22-32)36(3)4/h5-26H,1-4H3. The van der Waals surface area contributed by atoms with Crippen LogP contribution in [0.1, 0.15) is 33.4 Å². The molecule has 0 bridgehead atoms. The van der Waals surface area contributed by atoms with Crippen LogP contribution in [0, 0.1) is 0 Å². The summed E-state index contributed by atoms with van der Waals surface area (Å²) < 4.78 is 0. The molecule has 0 saturated heterocycles. The predicted molar refractivity (Wildman–Crippen MR) is 161 cm³/mol. The highest BCUT2D eigenvalue weighted by Gasteiger charge is 1.96. The summed E-state index contributed by atoms with van der Waals surface area (Å²) in [7, 11) is 8.23. The van der Waals surface area contributed by atoms with Crippen molar-refractivity contribution in [2.24, 2.45) is 0 Å². The van der Waals surface area contributed by atoms with Gasteiger partial charge in [-0.15, -0.1) is 0 Å². The van der Waals surface area contributed by atoms with Gasteiger partial charge < -0.3 is 9.80 Å². The lowest BCUT2D eigenvalue weighted by atomic mass is 10.1. The molecule has 36 heavy (non-hydrogen) atoms. The van der Waals surface area contributed by atoms with Crippen LogP contribution in [0.3, 0.4) is 0 Å². The monoisotopic (exact) mass is 470 g/mol. The van der Waals surface area contributed by atoms with Crippen molar-refractivity contribution in [2.75, 3.05) is 38.0 Å². The molecule has 0 unspecified atom stereocenters. The summed E-state index contributed by atoms with van der Waals surface area (Å²) in [5.41, 5.74) is 9.57. The third kappa shape index (κ3) is 7.10. The minimum absolute atomic E-state index is 1.19. The summed E-state index contributed by atoms with van der Waals surface area (Å²) in [6, 6.07) is 34.4. The van der Waals surface area contributed by atoms with E-state index >= 15 is 0 Å². The molecule has 0 N–H and O–H groups in total. The smallest absolute Gasteiger partial charge is 0.0361 e. The minimum Gasteiger partial charge on any atom is -0.378 e. The van der Waals surface area contributed by atoms with Crippen molar-refractivity contribution in [3.05, 3.63) is 130 Å². The van der Waals surface area contributed by atoms with Crippen LogP contribution < -0.4 is 9.80 Å². The molecule has 0 atom stereocenters. The molecule has 4 aromatic rings. The maximum Gasteiger partial charge on any atom is 0.0361 e. The number of anilines is 2. The van der Waals surface area contributed by atoms with Crippen molar-refractivity contribution in [1.82, 2.24) is 0 Å². The third-order valence-electron chi connectivity index (χ3n) is 6.10. The fraction of sp³-hybridized carbons (Fsp3) is 0.118. The molecule has 0 spiro atoms. The molecule has 0 aliphatic heterocycles. The van der Waals surface area contributed by atoms with E-state index in [0.717, 1.165) is 0 Å². The van der Waals surface area contributed by atoms with E-state index in [4.69, 9.17) is 0 Å². The van der Waals surface area contributed by atoms with E-state index in [1.165, 1.54) is 44.8 Å². The zero-order valence-corrected chi connectivity index (χ0v) is 21.6. The van der Waals surface area contributed by atoms with Crippen molar-refractivity contribution in [3.8, 4) is 0 Å². The molecule has 180 valence electrons. The van der Waals surface area contributed by atoms with Crippen molar-refractivity contribution in [1.29, 1.82) is 0 Å². The normalized spacial score (nSPS) is 11.6. The summed E-state index contributed by atoms with van der Waals surface area (Å²) in [6.45, 7) is 0. The lowest BCUT2D eigenvalue weighted by Gasteiger charge is -2.11. The molecule has 4 rings (SSSR count). The SMILES string of the molecule is CN(C)c1ccc(C=Cc2ccc(C=Cc3ccc(C=Cc4ccc(N(C)C)cc4)cc3)cc2)cc1.